The van der Waals surface area contributed by atoms with E-state index in [4.69, 9.17) is 9.47 Å². The van der Waals surface area contributed by atoms with Crippen LogP contribution in [0.4, 0.5) is 8.78 Å². The van der Waals surface area contributed by atoms with Gasteiger partial charge in [0.2, 0.25) is 0 Å². The summed E-state index contributed by atoms with van der Waals surface area (Å²) in [5.74, 6) is -0.624. The fraction of sp³-hybridized carbons (Fsp3) is 0.138. The van der Waals surface area contributed by atoms with Gasteiger partial charge in [0.25, 0.3) is 0 Å². The number of esters is 1. The van der Waals surface area contributed by atoms with E-state index in [0.29, 0.717) is 11.3 Å². The van der Waals surface area contributed by atoms with Crippen molar-refractivity contribution in [3.63, 3.8) is 0 Å². The molecule has 0 aliphatic heterocycles. The van der Waals surface area contributed by atoms with Gasteiger partial charge in [-0.2, -0.15) is 0 Å². The molecule has 4 aromatic rings. The molecule has 0 saturated carbocycles. The van der Waals surface area contributed by atoms with E-state index in [2.05, 4.69) is 12.1 Å². The molecular formula is C29H25F2O3S+. The maximum Gasteiger partial charge on any atom is 0.345 e. The minimum Gasteiger partial charge on any atom is -0.482 e. The van der Waals surface area contributed by atoms with Gasteiger partial charge in [0.05, 0.1) is 10.9 Å². The second-order valence-electron chi connectivity index (χ2n) is 8.32. The highest BCUT2D eigenvalue weighted by molar-refractivity contribution is 7.97. The highest BCUT2D eigenvalue weighted by Gasteiger charge is 2.29. The Hall–Kier alpha value is -3.64. The Bertz CT molecular complexity index is 1260. The van der Waals surface area contributed by atoms with Crippen LogP contribution in [-0.4, -0.2) is 12.6 Å². The lowest BCUT2D eigenvalue weighted by Gasteiger charge is -2.25. The zero-order valence-corrected chi connectivity index (χ0v) is 20.2. The predicted molar refractivity (Wildman–Crippen MR) is 132 cm³/mol. The SMILES string of the molecule is CC(C)(OC(=O)COc1ccc([S+](c2ccccc2)c2ccc(F)cc2)cc1)c1ccc(F)cc1. The molecule has 0 saturated heterocycles. The fourth-order valence-electron chi connectivity index (χ4n) is 3.57. The summed E-state index contributed by atoms with van der Waals surface area (Å²) in [6, 6.07) is 29.9. The standard InChI is InChI=1S/C29H25F2O3S/c1-29(2,21-8-10-22(30)11-9-21)34-28(32)20-33-24-14-18-27(19-15-24)35(25-6-4-3-5-7-25)26-16-12-23(31)13-17-26/h3-19H,20H2,1-2H3/q+1. The molecule has 4 rings (SSSR count). The smallest absolute Gasteiger partial charge is 0.345 e. The van der Waals surface area contributed by atoms with Crippen LogP contribution in [-0.2, 0) is 26.0 Å². The average Bonchev–Trinajstić information content (AvgIpc) is 2.85. The molecule has 0 aromatic heterocycles. The van der Waals surface area contributed by atoms with Crippen molar-refractivity contribution in [3.05, 3.63) is 120 Å². The maximum absolute atomic E-state index is 13.5. The van der Waals surface area contributed by atoms with Crippen molar-refractivity contribution in [1.29, 1.82) is 0 Å². The van der Waals surface area contributed by atoms with Crippen LogP contribution in [0.3, 0.4) is 0 Å². The molecule has 0 fully saturated rings. The van der Waals surface area contributed by atoms with Crippen molar-refractivity contribution in [2.75, 3.05) is 6.61 Å². The quantitative estimate of drug-likeness (QED) is 0.198. The summed E-state index contributed by atoms with van der Waals surface area (Å²) < 4.78 is 37.9. The number of halogens is 2. The average molecular weight is 492 g/mol. The van der Waals surface area contributed by atoms with Gasteiger partial charge in [-0.25, -0.2) is 13.6 Å². The number of rotatable bonds is 8. The van der Waals surface area contributed by atoms with Crippen LogP contribution in [0.25, 0.3) is 0 Å². The van der Waals surface area contributed by atoms with E-state index in [1.807, 2.05) is 30.3 Å². The molecular weight excluding hydrogens is 466 g/mol. The first-order valence-corrected chi connectivity index (χ1v) is 12.3. The summed E-state index contributed by atoms with van der Waals surface area (Å²) in [7, 11) is -0.421. The molecule has 35 heavy (non-hydrogen) atoms. The number of carbonyl (C=O) groups excluding carboxylic acids is 1. The molecule has 0 heterocycles. The lowest BCUT2D eigenvalue weighted by atomic mass is 9.98. The van der Waals surface area contributed by atoms with Crippen LogP contribution in [0.5, 0.6) is 5.75 Å². The van der Waals surface area contributed by atoms with Crippen LogP contribution >= 0.6 is 0 Å². The summed E-state index contributed by atoms with van der Waals surface area (Å²) in [4.78, 5) is 15.5. The highest BCUT2D eigenvalue weighted by Crippen LogP contribution is 2.32. The molecule has 0 N–H and O–H groups in total. The lowest BCUT2D eigenvalue weighted by Crippen LogP contribution is -2.28. The van der Waals surface area contributed by atoms with Gasteiger partial charge < -0.3 is 9.47 Å². The number of hydrogen-bond acceptors (Lipinski definition) is 3. The van der Waals surface area contributed by atoms with Crippen LogP contribution in [0, 0.1) is 11.6 Å². The van der Waals surface area contributed by atoms with Gasteiger partial charge in [0.1, 0.15) is 23.0 Å². The van der Waals surface area contributed by atoms with E-state index < -0.39 is 22.5 Å². The first kappa shape index (κ1) is 24.5. The second-order valence-corrected chi connectivity index (χ2v) is 10.4. The third kappa shape index (κ3) is 6.28. The van der Waals surface area contributed by atoms with Gasteiger partial charge in [0, 0.05) is 0 Å². The van der Waals surface area contributed by atoms with Crippen molar-refractivity contribution in [2.24, 2.45) is 0 Å². The molecule has 0 amide bonds. The summed E-state index contributed by atoms with van der Waals surface area (Å²) in [5, 5.41) is 0. The monoisotopic (exact) mass is 491 g/mol. The Morgan fingerprint density at radius 2 is 1.20 bits per heavy atom. The Kier molecular flexibility index (Phi) is 7.51. The minimum atomic E-state index is -0.919. The Balaban J connectivity index is 1.44. The van der Waals surface area contributed by atoms with Crippen molar-refractivity contribution in [1.82, 2.24) is 0 Å². The van der Waals surface area contributed by atoms with E-state index in [-0.39, 0.29) is 18.2 Å². The van der Waals surface area contributed by atoms with Gasteiger partial charge in [-0.3, -0.25) is 0 Å². The molecule has 0 aliphatic rings. The van der Waals surface area contributed by atoms with Gasteiger partial charge in [0.15, 0.2) is 21.3 Å². The van der Waals surface area contributed by atoms with Crippen molar-refractivity contribution in [3.8, 4) is 5.75 Å². The minimum absolute atomic E-state index is 0.258. The summed E-state index contributed by atoms with van der Waals surface area (Å²) in [5.41, 5.74) is -0.234. The number of ether oxygens (including phenoxy) is 2. The van der Waals surface area contributed by atoms with E-state index in [1.165, 1.54) is 24.3 Å². The third-order valence-corrected chi connectivity index (χ3v) is 7.58. The van der Waals surface area contributed by atoms with Crippen molar-refractivity contribution in [2.45, 2.75) is 34.1 Å². The first-order chi connectivity index (χ1) is 16.8. The number of hydrogen-bond donors (Lipinski definition) is 0. The Morgan fingerprint density at radius 1 is 0.714 bits per heavy atom. The molecule has 6 heteroatoms. The lowest BCUT2D eigenvalue weighted by molar-refractivity contribution is -0.159. The topological polar surface area (TPSA) is 35.5 Å². The van der Waals surface area contributed by atoms with Gasteiger partial charge in [-0.05, 0) is 92.2 Å². The Labute approximate surface area is 206 Å². The maximum atomic E-state index is 13.5. The molecule has 178 valence electrons. The van der Waals surface area contributed by atoms with Gasteiger partial charge in [-0.15, -0.1) is 0 Å². The highest BCUT2D eigenvalue weighted by atomic mass is 32.2. The normalized spacial score (nSPS) is 12.1. The van der Waals surface area contributed by atoms with E-state index in [1.54, 1.807) is 50.2 Å². The molecule has 0 aliphatic carbocycles. The Morgan fingerprint density at radius 3 is 1.77 bits per heavy atom. The van der Waals surface area contributed by atoms with Crippen LogP contribution in [0.1, 0.15) is 19.4 Å². The van der Waals surface area contributed by atoms with Gasteiger partial charge in [-0.1, -0.05) is 30.3 Å². The second kappa shape index (κ2) is 10.7. The van der Waals surface area contributed by atoms with Crippen LogP contribution < -0.4 is 4.74 Å². The number of carbonyl (C=O) groups is 1. The summed E-state index contributed by atoms with van der Waals surface area (Å²) in [6.07, 6.45) is 0. The zero-order valence-electron chi connectivity index (χ0n) is 19.4. The number of benzene rings is 4. The summed E-state index contributed by atoms with van der Waals surface area (Å²) >= 11 is 0. The van der Waals surface area contributed by atoms with Gasteiger partial charge >= 0.3 is 5.97 Å². The van der Waals surface area contributed by atoms with Crippen molar-refractivity contribution >= 4 is 16.9 Å². The van der Waals surface area contributed by atoms with Crippen molar-refractivity contribution < 1.29 is 23.0 Å². The molecule has 1 unspecified atom stereocenters. The van der Waals surface area contributed by atoms with E-state index >= 15 is 0 Å². The molecule has 1 atom stereocenters. The summed E-state index contributed by atoms with van der Waals surface area (Å²) in [6.45, 7) is 3.23. The zero-order chi connectivity index (χ0) is 24.8. The van der Waals surface area contributed by atoms with Crippen LogP contribution in [0.15, 0.2) is 118 Å². The molecule has 3 nitrogen and oxygen atoms in total. The van der Waals surface area contributed by atoms with Crippen LogP contribution in [0.2, 0.25) is 0 Å². The van der Waals surface area contributed by atoms with E-state index in [0.717, 1.165) is 14.7 Å². The molecule has 0 spiro atoms. The predicted octanol–water partition coefficient (Wildman–Crippen LogP) is 6.92. The van der Waals surface area contributed by atoms with E-state index in [9.17, 15) is 13.6 Å². The first-order valence-electron chi connectivity index (χ1n) is 11.1. The molecule has 4 aromatic carbocycles. The fourth-order valence-corrected chi connectivity index (χ4v) is 5.64. The molecule has 0 bridgehead atoms. The molecule has 0 radical (unpaired) electrons. The largest absolute Gasteiger partial charge is 0.482 e. The third-order valence-electron chi connectivity index (χ3n) is 5.35.